The van der Waals surface area contributed by atoms with Gasteiger partial charge in [0.15, 0.2) is 5.96 Å². The third kappa shape index (κ3) is 11.3. The van der Waals surface area contributed by atoms with E-state index < -0.39 is 54.5 Å². The van der Waals surface area contributed by atoms with Gasteiger partial charge in [0.2, 0.25) is 17.7 Å². The van der Waals surface area contributed by atoms with Crippen LogP contribution in [0.4, 0.5) is 0 Å². The Labute approximate surface area is 216 Å². The first-order valence-corrected chi connectivity index (χ1v) is 12.1. The van der Waals surface area contributed by atoms with Crippen LogP contribution in [0.5, 0.6) is 0 Å². The van der Waals surface area contributed by atoms with E-state index in [1.807, 2.05) is 30.3 Å². The summed E-state index contributed by atoms with van der Waals surface area (Å²) in [5, 5.41) is 25.9. The molecule has 0 spiro atoms. The monoisotopic (exact) mass is 521 g/mol. The number of rotatable bonds is 16. The van der Waals surface area contributed by atoms with E-state index in [2.05, 4.69) is 20.9 Å². The summed E-state index contributed by atoms with van der Waals surface area (Å²) in [7, 11) is 0. The fourth-order valence-electron chi connectivity index (χ4n) is 3.41. The van der Waals surface area contributed by atoms with Gasteiger partial charge >= 0.3 is 5.97 Å². The fraction of sp³-hybridized carbons (Fsp3) is 0.542. The Kier molecular flexibility index (Phi) is 13.6. The Bertz CT molecular complexity index is 923. The average molecular weight is 522 g/mol. The van der Waals surface area contributed by atoms with Crippen LogP contribution in [-0.2, 0) is 25.6 Å². The molecule has 1 aromatic rings. The maximum atomic E-state index is 13.2. The lowest BCUT2D eigenvalue weighted by Crippen LogP contribution is -2.59. The van der Waals surface area contributed by atoms with E-state index in [-0.39, 0.29) is 31.3 Å². The smallest absolute Gasteiger partial charge is 0.328 e. The van der Waals surface area contributed by atoms with Crippen LogP contribution in [0.2, 0.25) is 0 Å². The minimum atomic E-state index is -1.53. The van der Waals surface area contributed by atoms with E-state index in [1.54, 1.807) is 13.8 Å². The summed E-state index contributed by atoms with van der Waals surface area (Å²) >= 11 is 0. The van der Waals surface area contributed by atoms with E-state index in [4.69, 9.17) is 22.3 Å². The van der Waals surface area contributed by atoms with Crippen molar-refractivity contribution in [3.63, 3.8) is 0 Å². The predicted molar refractivity (Wildman–Crippen MR) is 138 cm³/mol. The lowest BCUT2D eigenvalue weighted by Gasteiger charge is -2.28. The van der Waals surface area contributed by atoms with Gasteiger partial charge in [0.25, 0.3) is 0 Å². The minimum absolute atomic E-state index is 0.111. The molecule has 0 bridgehead atoms. The Morgan fingerprint density at radius 1 is 0.973 bits per heavy atom. The molecule has 0 heterocycles. The first-order valence-electron chi connectivity index (χ1n) is 12.1. The maximum Gasteiger partial charge on any atom is 0.328 e. The molecule has 1 aromatic carbocycles. The van der Waals surface area contributed by atoms with Crippen molar-refractivity contribution in [2.45, 2.75) is 63.7 Å². The third-order valence-electron chi connectivity index (χ3n) is 5.80. The van der Waals surface area contributed by atoms with Crippen molar-refractivity contribution in [1.82, 2.24) is 16.0 Å². The van der Waals surface area contributed by atoms with Gasteiger partial charge in [-0.3, -0.25) is 19.4 Å². The van der Waals surface area contributed by atoms with Crippen molar-refractivity contribution < 1.29 is 29.4 Å². The fourth-order valence-corrected chi connectivity index (χ4v) is 3.41. The summed E-state index contributed by atoms with van der Waals surface area (Å²) < 4.78 is 0. The van der Waals surface area contributed by atoms with E-state index >= 15 is 0 Å². The number of amides is 3. The molecule has 0 saturated carbocycles. The lowest BCUT2D eigenvalue weighted by molar-refractivity contribution is -0.143. The summed E-state index contributed by atoms with van der Waals surface area (Å²) in [5.74, 6) is -3.88. The number of carbonyl (C=O) groups excluding carboxylic acids is 3. The number of carboxylic acids is 1. The number of hydrogen-bond donors (Lipinski definition) is 8. The number of nitrogens with one attached hydrogen (secondary N) is 3. The second kappa shape index (κ2) is 16.1. The highest BCUT2D eigenvalue weighted by Gasteiger charge is 2.32. The molecule has 13 heteroatoms. The molecule has 0 aliphatic rings. The Balaban J connectivity index is 3.01. The van der Waals surface area contributed by atoms with Gasteiger partial charge in [0.05, 0.1) is 12.6 Å². The summed E-state index contributed by atoms with van der Waals surface area (Å²) in [6.45, 7) is 2.91. The van der Waals surface area contributed by atoms with Crippen LogP contribution < -0.4 is 33.2 Å². The van der Waals surface area contributed by atoms with Gasteiger partial charge in [0, 0.05) is 6.54 Å². The van der Waals surface area contributed by atoms with Crippen molar-refractivity contribution in [2.24, 2.45) is 28.1 Å². The quantitative estimate of drug-likeness (QED) is 0.0694. The zero-order valence-electron chi connectivity index (χ0n) is 21.2. The number of guanidine groups is 1. The molecular weight excluding hydrogens is 482 g/mol. The second-order valence-corrected chi connectivity index (χ2v) is 8.76. The minimum Gasteiger partial charge on any atom is -0.480 e. The van der Waals surface area contributed by atoms with E-state index in [9.17, 15) is 24.3 Å². The number of aliphatic carboxylic acids is 1. The number of hydrogen-bond acceptors (Lipinski definition) is 7. The molecule has 37 heavy (non-hydrogen) atoms. The third-order valence-corrected chi connectivity index (χ3v) is 5.80. The van der Waals surface area contributed by atoms with Crippen molar-refractivity contribution in [2.75, 3.05) is 13.2 Å². The standard InChI is InChI=1S/C24H39N7O6/c1-3-14(2)19(22(35)30-18(13-32)23(36)37)31-21(34)17(10-7-11-28-24(26)27)29-20(33)16(25)12-15-8-5-4-6-9-15/h4-6,8-9,14,16-19,32H,3,7,10-13,25H2,1-2H3,(H,29,33)(H,30,35)(H,31,34)(H,36,37)(H4,26,27,28). The average Bonchev–Trinajstić information content (AvgIpc) is 2.86. The van der Waals surface area contributed by atoms with Gasteiger partial charge in [-0.1, -0.05) is 50.6 Å². The number of carboxylic acid groups (broad SMARTS) is 1. The Morgan fingerprint density at radius 2 is 1.59 bits per heavy atom. The summed E-state index contributed by atoms with van der Waals surface area (Å²) in [5.41, 5.74) is 17.6. The Morgan fingerprint density at radius 3 is 2.14 bits per heavy atom. The first kappa shape index (κ1) is 31.3. The zero-order chi connectivity index (χ0) is 28.0. The van der Waals surface area contributed by atoms with Gasteiger partial charge in [0.1, 0.15) is 18.1 Å². The molecule has 206 valence electrons. The molecule has 0 aromatic heterocycles. The molecule has 5 atom stereocenters. The molecule has 0 aliphatic carbocycles. The molecule has 5 unspecified atom stereocenters. The molecule has 0 aliphatic heterocycles. The normalized spacial score (nSPS) is 14.8. The highest BCUT2D eigenvalue weighted by Crippen LogP contribution is 2.10. The molecule has 0 radical (unpaired) electrons. The number of nitrogens with two attached hydrogens (primary N) is 3. The largest absolute Gasteiger partial charge is 0.480 e. The summed E-state index contributed by atoms with van der Waals surface area (Å²) in [6.07, 6.45) is 1.23. The maximum absolute atomic E-state index is 13.2. The number of nitrogens with zero attached hydrogens (tertiary/aromatic N) is 1. The van der Waals surface area contributed by atoms with E-state index in [0.29, 0.717) is 12.8 Å². The number of aliphatic imine (C=N–C) groups is 1. The van der Waals surface area contributed by atoms with Crippen LogP contribution in [0.1, 0.15) is 38.7 Å². The summed E-state index contributed by atoms with van der Waals surface area (Å²) in [4.78, 5) is 53.9. The number of aliphatic hydroxyl groups is 1. The molecule has 0 fully saturated rings. The van der Waals surface area contributed by atoms with Gasteiger partial charge in [-0.15, -0.1) is 0 Å². The predicted octanol–water partition coefficient (Wildman–Crippen LogP) is -1.81. The number of carbonyl (C=O) groups is 4. The Hall–Kier alpha value is -3.71. The molecule has 1 rings (SSSR count). The van der Waals surface area contributed by atoms with E-state index in [0.717, 1.165) is 5.56 Å². The topological polar surface area (TPSA) is 235 Å². The van der Waals surface area contributed by atoms with Crippen LogP contribution in [-0.4, -0.2) is 77.2 Å². The first-order chi connectivity index (χ1) is 17.5. The van der Waals surface area contributed by atoms with Crippen molar-refractivity contribution >= 4 is 29.7 Å². The SMILES string of the molecule is CCC(C)C(NC(=O)C(CCCN=C(N)N)NC(=O)C(N)Cc1ccccc1)C(=O)NC(CO)C(=O)O. The van der Waals surface area contributed by atoms with Crippen molar-refractivity contribution in [3.05, 3.63) is 35.9 Å². The number of aliphatic hydroxyl groups excluding tert-OH is 1. The molecular formula is C24H39N7O6. The second-order valence-electron chi connectivity index (χ2n) is 8.76. The summed E-state index contributed by atoms with van der Waals surface area (Å²) in [6, 6.07) is 4.54. The van der Waals surface area contributed by atoms with Crippen molar-refractivity contribution in [3.8, 4) is 0 Å². The highest BCUT2D eigenvalue weighted by molar-refractivity contribution is 5.94. The molecule has 3 amide bonds. The molecule has 0 saturated heterocycles. The van der Waals surface area contributed by atoms with Gasteiger partial charge in [-0.2, -0.15) is 0 Å². The van der Waals surface area contributed by atoms with Crippen LogP contribution in [0, 0.1) is 5.92 Å². The van der Waals surface area contributed by atoms with Crippen LogP contribution in [0.25, 0.3) is 0 Å². The van der Waals surface area contributed by atoms with Crippen LogP contribution >= 0.6 is 0 Å². The van der Waals surface area contributed by atoms with Crippen LogP contribution in [0.15, 0.2) is 35.3 Å². The zero-order valence-corrected chi connectivity index (χ0v) is 21.2. The van der Waals surface area contributed by atoms with Crippen molar-refractivity contribution in [1.29, 1.82) is 0 Å². The van der Waals surface area contributed by atoms with Gasteiger partial charge < -0.3 is 43.4 Å². The van der Waals surface area contributed by atoms with E-state index in [1.165, 1.54) is 0 Å². The van der Waals surface area contributed by atoms with Gasteiger partial charge in [-0.25, -0.2) is 4.79 Å². The van der Waals surface area contributed by atoms with Gasteiger partial charge in [-0.05, 0) is 30.7 Å². The molecule has 13 nitrogen and oxygen atoms in total. The van der Waals surface area contributed by atoms with Crippen LogP contribution in [0.3, 0.4) is 0 Å². The highest BCUT2D eigenvalue weighted by atomic mass is 16.4. The molecule has 11 N–H and O–H groups in total. The number of benzene rings is 1. The lowest BCUT2D eigenvalue weighted by atomic mass is 9.97.